The fraction of sp³-hybridized carbons (Fsp3) is 0.545. The first-order chi connectivity index (χ1) is 7.36. The van der Waals surface area contributed by atoms with Crippen molar-refractivity contribution in [2.45, 2.75) is 38.5 Å². The number of nitrogens with zero attached hydrogens (tertiary/aromatic N) is 2. The van der Waals surface area contributed by atoms with E-state index in [1.807, 2.05) is 5.38 Å². The molecule has 1 aliphatic carbocycles. The third kappa shape index (κ3) is 2.96. The summed E-state index contributed by atoms with van der Waals surface area (Å²) in [6, 6.07) is 0. The normalized spacial score (nSPS) is 16.9. The van der Waals surface area contributed by atoms with Crippen LogP contribution in [0.2, 0.25) is 0 Å². The fourth-order valence-electron chi connectivity index (χ4n) is 1.81. The predicted octanol–water partition coefficient (Wildman–Crippen LogP) is 2.54. The zero-order valence-corrected chi connectivity index (χ0v) is 9.42. The van der Waals surface area contributed by atoms with Gasteiger partial charge in [-0.3, -0.25) is 4.79 Å². The molecule has 0 N–H and O–H groups in total. The average molecular weight is 222 g/mol. The van der Waals surface area contributed by atoms with Gasteiger partial charge in [-0.2, -0.15) is 0 Å². The molecule has 0 spiro atoms. The highest BCUT2D eigenvalue weighted by Crippen LogP contribution is 2.19. The van der Waals surface area contributed by atoms with Crippen LogP contribution in [0, 0.1) is 0 Å². The standard InChI is InChI=1S/C11H14N2OS/c14-11(7-10-8-15-13-12-10)9-5-3-1-2-4-6-9/h5,8H,1-4,6-7H2. The molecule has 4 heteroatoms. The van der Waals surface area contributed by atoms with Crippen LogP contribution in [0.3, 0.4) is 0 Å². The van der Waals surface area contributed by atoms with Crippen LogP contribution in [0.5, 0.6) is 0 Å². The molecule has 1 heterocycles. The molecule has 0 aromatic carbocycles. The predicted molar refractivity (Wildman–Crippen MR) is 59.8 cm³/mol. The summed E-state index contributed by atoms with van der Waals surface area (Å²) in [6.45, 7) is 0. The van der Waals surface area contributed by atoms with Crippen molar-refractivity contribution in [3.63, 3.8) is 0 Å². The van der Waals surface area contributed by atoms with E-state index in [0.29, 0.717) is 6.42 Å². The Kier molecular flexibility index (Phi) is 3.61. The van der Waals surface area contributed by atoms with Crippen LogP contribution >= 0.6 is 11.5 Å². The van der Waals surface area contributed by atoms with E-state index >= 15 is 0 Å². The summed E-state index contributed by atoms with van der Waals surface area (Å²) in [7, 11) is 0. The monoisotopic (exact) mass is 222 g/mol. The molecule has 0 radical (unpaired) electrons. The van der Waals surface area contributed by atoms with E-state index in [9.17, 15) is 4.79 Å². The molecule has 0 atom stereocenters. The second-order valence-electron chi connectivity index (χ2n) is 3.82. The molecule has 2 rings (SSSR count). The van der Waals surface area contributed by atoms with Crippen molar-refractivity contribution in [1.29, 1.82) is 0 Å². The number of carbonyl (C=O) groups excluding carboxylic acids is 1. The van der Waals surface area contributed by atoms with E-state index in [1.54, 1.807) is 0 Å². The summed E-state index contributed by atoms with van der Waals surface area (Å²) in [4.78, 5) is 11.9. The van der Waals surface area contributed by atoms with Crippen LogP contribution < -0.4 is 0 Å². The Morgan fingerprint density at radius 1 is 1.40 bits per heavy atom. The van der Waals surface area contributed by atoms with Crippen LogP contribution in [-0.2, 0) is 11.2 Å². The first-order valence-electron chi connectivity index (χ1n) is 5.34. The van der Waals surface area contributed by atoms with Crippen molar-refractivity contribution < 1.29 is 4.79 Å². The number of hydrogen-bond donors (Lipinski definition) is 0. The van der Waals surface area contributed by atoms with Gasteiger partial charge in [-0.1, -0.05) is 17.0 Å². The van der Waals surface area contributed by atoms with Gasteiger partial charge in [-0.15, -0.1) is 5.10 Å². The molecule has 0 saturated carbocycles. The summed E-state index contributed by atoms with van der Waals surface area (Å²) >= 11 is 1.30. The van der Waals surface area contributed by atoms with Crippen LogP contribution in [0.15, 0.2) is 17.0 Å². The van der Waals surface area contributed by atoms with Crippen molar-refractivity contribution >= 4 is 17.3 Å². The SMILES string of the molecule is O=C(Cc1csnn1)C1=CCCCCC1. The maximum Gasteiger partial charge on any atom is 0.164 e. The van der Waals surface area contributed by atoms with Crippen molar-refractivity contribution in [3.05, 3.63) is 22.7 Å². The number of rotatable bonds is 3. The molecule has 0 aliphatic heterocycles. The lowest BCUT2D eigenvalue weighted by molar-refractivity contribution is -0.115. The number of ketones is 1. The molecule has 0 amide bonds. The maximum absolute atomic E-state index is 11.9. The van der Waals surface area contributed by atoms with E-state index in [-0.39, 0.29) is 5.78 Å². The van der Waals surface area contributed by atoms with Crippen LogP contribution in [-0.4, -0.2) is 15.4 Å². The highest BCUT2D eigenvalue weighted by atomic mass is 32.1. The van der Waals surface area contributed by atoms with Crippen molar-refractivity contribution in [2.75, 3.05) is 0 Å². The molecule has 1 aromatic rings. The minimum Gasteiger partial charge on any atom is -0.294 e. The Balaban J connectivity index is 1.98. The summed E-state index contributed by atoms with van der Waals surface area (Å²) in [5.74, 6) is 0.226. The summed E-state index contributed by atoms with van der Waals surface area (Å²) in [5, 5.41) is 5.74. The van der Waals surface area contributed by atoms with Crippen LogP contribution in [0.4, 0.5) is 0 Å². The molecule has 80 valence electrons. The number of aromatic nitrogens is 2. The Bertz CT molecular complexity index is 357. The Hall–Kier alpha value is -1.03. The van der Waals surface area contributed by atoms with E-state index in [0.717, 1.165) is 30.5 Å². The second kappa shape index (κ2) is 5.16. The summed E-state index contributed by atoms with van der Waals surface area (Å²) < 4.78 is 3.76. The molecule has 3 nitrogen and oxygen atoms in total. The second-order valence-corrected chi connectivity index (χ2v) is 4.43. The third-order valence-corrected chi connectivity index (χ3v) is 3.20. The summed E-state index contributed by atoms with van der Waals surface area (Å²) in [6.07, 6.45) is 8.12. The largest absolute Gasteiger partial charge is 0.294 e. The fourth-order valence-corrected chi connectivity index (χ4v) is 2.26. The molecular formula is C11H14N2OS. The quantitative estimate of drug-likeness (QED) is 0.789. The van der Waals surface area contributed by atoms with Crippen molar-refractivity contribution in [1.82, 2.24) is 9.59 Å². The minimum absolute atomic E-state index is 0.226. The van der Waals surface area contributed by atoms with Gasteiger partial charge in [0.2, 0.25) is 0 Å². The first kappa shape index (κ1) is 10.5. The highest BCUT2D eigenvalue weighted by molar-refractivity contribution is 7.03. The Labute approximate surface area is 93.4 Å². The smallest absolute Gasteiger partial charge is 0.164 e. The van der Waals surface area contributed by atoms with Gasteiger partial charge in [0.1, 0.15) is 0 Å². The lowest BCUT2D eigenvalue weighted by Crippen LogP contribution is -2.06. The molecule has 1 aromatic heterocycles. The van der Waals surface area contributed by atoms with Gasteiger partial charge < -0.3 is 0 Å². The van der Waals surface area contributed by atoms with Gasteiger partial charge in [0.15, 0.2) is 5.78 Å². The Morgan fingerprint density at radius 2 is 2.33 bits per heavy atom. The first-order valence-corrected chi connectivity index (χ1v) is 6.18. The van der Waals surface area contributed by atoms with Crippen molar-refractivity contribution in [2.24, 2.45) is 0 Å². The van der Waals surface area contributed by atoms with Gasteiger partial charge in [0.25, 0.3) is 0 Å². The number of hydrogen-bond acceptors (Lipinski definition) is 4. The molecule has 15 heavy (non-hydrogen) atoms. The lowest BCUT2D eigenvalue weighted by atomic mass is 10.0. The number of allylic oxidation sites excluding steroid dienone is 2. The third-order valence-electron chi connectivity index (χ3n) is 2.65. The molecule has 0 fully saturated rings. The van der Waals surface area contributed by atoms with E-state index in [2.05, 4.69) is 15.7 Å². The van der Waals surface area contributed by atoms with Crippen molar-refractivity contribution in [3.8, 4) is 0 Å². The Morgan fingerprint density at radius 3 is 3.13 bits per heavy atom. The van der Waals surface area contributed by atoms with E-state index in [4.69, 9.17) is 0 Å². The molecule has 0 unspecified atom stereocenters. The summed E-state index contributed by atoms with van der Waals surface area (Å²) in [5.41, 5.74) is 1.80. The van der Waals surface area contributed by atoms with E-state index < -0.39 is 0 Å². The van der Waals surface area contributed by atoms with Crippen LogP contribution in [0.25, 0.3) is 0 Å². The molecular weight excluding hydrogens is 208 g/mol. The average Bonchev–Trinajstić information content (AvgIpc) is 2.58. The van der Waals surface area contributed by atoms with Gasteiger partial charge >= 0.3 is 0 Å². The molecule has 1 aliphatic rings. The highest BCUT2D eigenvalue weighted by Gasteiger charge is 2.13. The number of carbonyl (C=O) groups is 1. The van der Waals surface area contributed by atoms with Crippen LogP contribution in [0.1, 0.15) is 37.8 Å². The van der Waals surface area contributed by atoms with Gasteiger partial charge in [-0.05, 0) is 42.8 Å². The maximum atomic E-state index is 11.9. The van der Waals surface area contributed by atoms with Gasteiger partial charge in [0.05, 0.1) is 12.1 Å². The number of Topliss-reactive ketones (excluding diaryl/α,β-unsaturated/α-hetero) is 1. The zero-order chi connectivity index (χ0) is 10.5. The molecule has 0 bridgehead atoms. The topological polar surface area (TPSA) is 42.9 Å². The van der Waals surface area contributed by atoms with Gasteiger partial charge in [0, 0.05) is 5.38 Å². The van der Waals surface area contributed by atoms with E-state index in [1.165, 1.54) is 24.4 Å². The lowest BCUT2D eigenvalue weighted by Gasteiger charge is -2.01. The van der Waals surface area contributed by atoms with Gasteiger partial charge in [-0.25, -0.2) is 0 Å². The molecule has 0 saturated heterocycles. The minimum atomic E-state index is 0.226. The zero-order valence-electron chi connectivity index (χ0n) is 8.61.